The summed E-state index contributed by atoms with van der Waals surface area (Å²) in [6.07, 6.45) is 11.3. The second-order valence-electron chi connectivity index (χ2n) is 6.34. The quantitative estimate of drug-likeness (QED) is 0.381. The first kappa shape index (κ1) is 17.8. The zero-order chi connectivity index (χ0) is 19.8. The Bertz CT molecular complexity index is 1290. The van der Waals surface area contributed by atoms with Crippen molar-refractivity contribution >= 4 is 17.9 Å². The lowest BCUT2D eigenvalue weighted by atomic mass is 10.0. The molecule has 1 heterocycles. The molecule has 0 bridgehead atoms. The molecule has 0 saturated carbocycles. The van der Waals surface area contributed by atoms with Gasteiger partial charge in [-0.25, -0.2) is 0 Å². The molecular weight excluding hydrogens is 356 g/mol. The second-order valence-corrected chi connectivity index (χ2v) is 6.34. The van der Waals surface area contributed by atoms with Crippen LogP contribution in [0.1, 0.15) is 11.1 Å². The summed E-state index contributed by atoms with van der Waals surface area (Å²) in [6.45, 7) is 0.0902. The van der Waals surface area contributed by atoms with Gasteiger partial charge in [0.2, 0.25) is 0 Å². The van der Waals surface area contributed by atoms with E-state index in [0.717, 1.165) is 32.3 Å². The molecule has 2 aliphatic rings. The van der Waals surface area contributed by atoms with Gasteiger partial charge in [-0.15, -0.1) is 6.42 Å². The topological polar surface area (TPSA) is 54.2 Å². The monoisotopic (exact) mass is 376 g/mol. The average Bonchev–Trinajstić information content (AvgIpc) is 3.22. The number of methoxy groups -OCH3 is 3. The summed E-state index contributed by atoms with van der Waals surface area (Å²) in [4.78, 5) is 5.28. The lowest BCUT2D eigenvalue weighted by Gasteiger charge is -2.12. The number of hydrogen-bond acceptors (Lipinski definition) is 5. The molecule has 0 amide bonds. The van der Waals surface area contributed by atoms with Gasteiger partial charge >= 0.3 is 0 Å². The van der Waals surface area contributed by atoms with E-state index in [-0.39, 0.29) is 6.61 Å². The number of rotatable bonds is 5. The molecule has 2 aromatic rings. The number of benzene rings is 1. The Hall–Kier alpha value is -3.59. The number of fused-ring (bicyclic) bond motifs is 4. The third-order valence-corrected chi connectivity index (χ3v) is 4.97. The van der Waals surface area contributed by atoms with E-state index >= 15 is 0 Å². The minimum absolute atomic E-state index is 0.0902. The third kappa shape index (κ3) is 2.48. The molecule has 0 spiro atoms. The van der Waals surface area contributed by atoms with Gasteiger partial charge in [0.05, 0.1) is 32.0 Å². The fourth-order valence-electron chi connectivity index (χ4n) is 3.76. The van der Waals surface area contributed by atoms with E-state index in [2.05, 4.69) is 21.7 Å². The molecule has 0 saturated heterocycles. The lowest BCUT2D eigenvalue weighted by molar-refractivity contribution is 0.178. The van der Waals surface area contributed by atoms with Gasteiger partial charge in [0.15, 0.2) is 23.8 Å². The van der Waals surface area contributed by atoms with Crippen molar-refractivity contribution < 1.29 is 19.0 Å². The molecule has 1 aromatic heterocycles. The molecule has 1 aromatic carbocycles. The normalized spacial score (nSPS) is 14.7. The standard InChI is InChI=1S/C22H20N2O4/c1-6-9-28-23-21-17(25-3)8-7-16-20(21)15-10-13-11-18(26-4)19(27-5)12-14(13)22(15)24(16)2/h1,7-8,10-12H,9H2,2-5H3. The minimum Gasteiger partial charge on any atom is -0.494 e. The molecule has 0 aliphatic heterocycles. The fourth-order valence-corrected chi connectivity index (χ4v) is 3.76. The van der Waals surface area contributed by atoms with Crippen molar-refractivity contribution in [2.24, 2.45) is 12.2 Å². The second kappa shape index (κ2) is 6.86. The summed E-state index contributed by atoms with van der Waals surface area (Å²) < 4.78 is 18.6. The van der Waals surface area contributed by atoms with Crippen LogP contribution in [0.3, 0.4) is 0 Å². The molecule has 6 heteroatoms. The van der Waals surface area contributed by atoms with Crippen LogP contribution in [0.4, 0.5) is 0 Å². The van der Waals surface area contributed by atoms with E-state index in [0.29, 0.717) is 23.0 Å². The lowest BCUT2D eigenvalue weighted by Crippen LogP contribution is -2.26. The summed E-state index contributed by atoms with van der Waals surface area (Å²) in [6, 6.07) is 3.98. The third-order valence-electron chi connectivity index (χ3n) is 4.97. The van der Waals surface area contributed by atoms with Crippen molar-refractivity contribution in [1.29, 1.82) is 0 Å². The van der Waals surface area contributed by atoms with Crippen molar-refractivity contribution in [3.8, 4) is 23.8 Å². The van der Waals surface area contributed by atoms with E-state index in [1.54, 1.807) is 21.3 Å². The summed E-state index contributed by atoms with van der Waals surface area (Å²) in [5.41, 5.74) is 2.61. The number of allylic oxidation sites excluding steroid dienone is 2. The van der Waals surface area contributed by atoms with Crippen molar-refractivity contribution in [3.05, 3.63) is 56.2 Å². The summed E-state index contributed by atoms with van der Waals surface area (Å²) in [5, 5.41) is 8.49. The Morgan fingerprint density at radius 3 is 2.50 bits per heavy atom. The van der Waals surface area contributed by atoms with Crippen LogP contribution in [0.15, 0.2) is 29.1 Å². The van der Waals surface area contributed by atoms with Gasteiger partial charge in [-0.3, -0.25) is 0 Å². The van der Waals surface area contributed by atoms with Crippen molar-refractivity contribution in [1.82, 2.24) is 4.57 Å². The number of hydrogen-bond donors (Lipinski definition) is 0. The smallest absolute Gasteiger partial charge is 0.177 e. The zero-order valence-electron chi connectivity index (χ0n) is 16.2. The van der Waals surface area contributed by atoms with Crippen molar-refractivity contribution in [2.75, 3.05) is 27.9 Å². The Morgan fingerprint density at radius 2 is 1.82 bits per heavy atom. The van der Waals surface area contributed by atoms with Gasteiger partial charge in [0.25, 0.3) is 0 Å². The maximum absolute atomic E-state index is 5.51. The van der Waals surface area contributed by atoms with Crippen LogP contribution in [-0.2, 0) is 16.6 Å². The highest BCUT2D eigenvalue weighted by atomic mass is 16.6. The largest absolute Gasteiger partial charge is 0.494 e. The van der Waals surface area contributed by atoms with E-state index in [9.17, 15) is 0 Å². The maximum Gasteiger partial charge on any atom is 0.177 e. The highest BCUT2D eigenvalue weighted by molar-refractivity contribution is 6.15. The molecule has 28 heavy (non-hydrogen) atoms. The molecule has 0 N–H and O–H groups in total. The first-order valence-corrected chi connectivity index (χ1v) is 8.71. The first-order chi connectivity index (χ1) is 13.6. The van der Waals surface area contributed by atoms with Crippen LogP contribution < -0.4 is 20.0 Å². The van der Waals surface area contributed by atoms with Crippen molar-refractivity contribution in [3.63, 3.8) is 0 Å². The van der Waals surface area contributed by atoms with Crippen LogP contribution >= 0.6 is 0 Å². The molecule has 0 atom stereocenters. The van der Waals surface area contributed by atoms with Crippen molar-refractivity contribution in [2.45, 2.75) is 0 Å². The molecule has 6 nitrogen and oxygen atoms in total. The van der Waals surface area contributed by atoms with Gasteiger partial charge in [0.1, 0.15) is 5.76 Å². The van der Waals surface area contributed by atoms with Gasteiger partial charge < -0.3 is 23.6 Å². The minimum atomic E-state index is 0.0902. The predicted molar refractivity (Wildman–Crippen MR) is 106 cm³/mol. The van der Waals surface area contributed by atoms with Crippen LogP contribution in [-0.4, -0.2) is 38.2 Å². The van der Waals surface area contributed by atoms with E-state index in [4.69, 9.17) is 25.5 Å². The number of aromatic nitrogens is 1. The maximum atomic E-state index is 5.51. The highest BCUT2D eigenvalue weighted by Gasteiger charge is 2.26. The molecule has 142 valence electrons. The first-order valence-electron chi connectivity index (χ1n) is 8.71. The molecule has 4 rings (SSSR count). The Morgan fingerprint density at radius 1 is 1.07 bits per heavy atom. The summed E-state index contributed by atoms with van der Waals surface area (Å²) >= 11 is 0. The van der Waals surface area contributed by atoms with Crippen LogP contribution in [0.2, 0.25) is 0 Å². The summed E-state index contributed by atoms with van der Waals surface area (Å²) in [7, 11) is 6.90. The van der Waals surface area contributed by atoms with Crippen LogP contribution in [0, 0.1) is 22.9 Å². The van der Waals surface area contributed by atoms with Gasteiger partial charge in [-0.1, -0.05) is 11.1 Å². The van der Waals surface area contributed by atoms with E-state index in [1.165, 1.54) is 0 Å². The summed E-state index contributed by atoms with van der Waals surface area (Å²) in [5.74, 6) is 4.42. The van der Waals surface area contributed by atoms with Crippen LogP contribution in [0.5, 0.6) is 11.5 Å². The number of ether oxygens (including phenoxy) is 3. The highest BCUT2D eigenvalue weighted by Crippen LogP contribution is 2.27. The zero-order valence-corrected chi connectivity index (χ0v) is 16.2. The van der Waals surface area contributed by atoms with E-state index < -0.39 is 0 Å². The number of nitrogens with zero attached hydrogens (tertiary/aromatic N) is 2. The molecular formula is C22H20N2O4. The van der Waals surface area contributed by atoms with Gasteiger partial charge in [0, 0.05) is 23.4 Å². The molecule has 0 unspecified atom stereocenters. The Labute approximate surface area is 162 Å². The molecule has 0 radical (unpaired) electrons. The molecule has 0 fully saturated rings. The van der Waals surface area contributed by atoms with E-state index in [1.807, 2.05) is 31.3 Å². The fraction of sp³-hybridized carbons (Fsp3) is 0.227. The number of terminal acetylenes is 1. The average molecular weight is 376 g/mol. The molecule has 2 aliphatic carbocycles. The number of oxime groups is 1. The predicted octanol–water partition coefficient (Wildman–Crippen LogP) is 1.15. The Balaban J connectivity index is 2.06. The van der Waals surface area contributed by atoms with Crippen LogP contribution in [0.25, 0.3) is 12.2 Å². The van der Waals surface area contributed by atoms with Gasteiger partial charge in [-0.2, -0.15) is 0 Å². The van der Waals surface area contributed by atoms with Gasteiger partial charge in [-0.05, 0) is 35.6 Å². The SMILES string of the molecule is C#CCON=C1C(OC)=CC=c2c1c1c(n2C)=c2cc(OC)c(OC)cc2=C1. The Kier molecular flexibility index (Phi) is 4.36.